The lowest BCUT2D eigenvalue weighted by Gasteiger charge is -2.27. The zero-order valence-corrected chi connectivity index (χ0v) is 15.9. The molecule has 0 aromatic heterocycles. The smallest absolute Gasteiger partial charge is 0.410 e. The molecule has 0 radical (unpaired) electrons. The van der Waals surface area contributed by atoms with Gasteiger partial charge in [0.1, 0.15) is 17.6 Å². The fourth-order valence-electron chi connectivity index (χ4n) is 2.76. The molecular formula is C19H26N2O6. The maximum Gasteiger partial charge on any atom is 0.410 e. The number of ether oxygens (including phenoxy) is 2. The summed E-state index contributed by atoms with van der Waals surface area (Å²) in [6.45, 7) is 5.42. The van der Waals surface area contributed by atoms with E-state index >= 15 is 0 Å². The molecule has 1 aliphatic heterocycles. The van der Waals surface area contributed by atoms with E-state index in [1.807, 2.05) is 30.3 Å². The normalized spacial score (nSPS) is 19.4. The zero-order chi connectivity index (χ0) is 20.1. The summed E-state index contributed by atoms with van der Waals surface area (Å²) in [6, 6.07) is 9.17. The van der Waals surface area contributed by atoms with Gasteiger partial charge in [-0.2, -0.15) is 0 Å². The third-order valence-corrected chi connectivity index (χ3v) is 4.24. The Bertz CT molecular complexity index is 685. The second-order valence-electron chi connectivity index (χ2n) is 7.65. The number of nitrogens with zero attached hydrogens (tertiary/aromatic N) is 1. The molecule has 1 atom stereocenters. The summed E-state index contributed by atoms with van der Waals surface area (Å²) in [6.07, 6.45) is -1.03. The molecule has 8 nitrogen and oxygen atoms in total. The molecule has 2 amide bonds. The van der Waals surface area contributed by atoms with Crippen LogP contribution in [0.3, 0.4) is 0 Å². The van der Waals surface area contributed by atoms with Crippen LogP contribution in [0.5, 0.6) is 0 Å². The van der Waals surface area contributed by atoms with E-state index in [0.29, 0.717) is 0 Å². The van der Waals surface area contributed by atoms with Crippen LogP contribution in [0, 0.1) is 5.41 Å². The number of likely N-dealkylation sites (tertiary alicyclic amines) is 1. The van der Waals surface area contributed by atoms with Crippen molar-refractivity contribution in [2.75, 3.05) is 19.6 Å². The van der Waals surface area contributed by atoms with E-state index in [0.717, 1.165) is 5.56 Å². The van der Waals surface area contributed by atoms with Crippen LogP contribution in [0.4, 0.5) is 9.59 Å². The Kier molecular flexibility index (Phi) is 6.30. The maximum atomic E-state index is 12.2. The van der Waals surface area contributed by atoms with Crippen LogP contribution < -0.4 is 5.32 Å². The van der Waals surface area contributed by atoms with E-state index in [-0.39, 0.29) is 32.7 Å². The molecule has 1 aromatic rings. The lowest BCUT2D eigenvalue weighted by molar-refractivity contribution is -0.147. The first-order valence-corrected chi connectivity index (χ1v) is 8.77. The van der Waals surface area contributed by atoms with Gasteiger partial charge >= 0.3 is 18.2 Å². The highest BCUT2D eigenvalue weighted by atomic mass is 16.6. The quantitative estimate of drug-likeness (QED) is 0.816. The molecule has 1 fully saturated rings. The molecule has 0 saturated carbocycles. The molecule has 1 aromatic carbocycles. The summed E-state index contributed by atoms with van der Waals surface area (Å²) < 4.78 is 10.4. The number of hydrogen-bond donors (Lipinski definition) is 2. The Morgan fingerprint density at radius 1 is 1.22 bits per heavy atom. The molecule has 0 aliphatic carbocycles. The number of carbonyl (C=O) groups excluding carboxylic acids is 2. The molecule has 148 valence electrons. The van der Waals surface area contributed by atoms with Gasteiger partial charge in [0.15, 0.2) is 0 Å². The van der Waals surface area contributed by atoms with Crippen molar-refractivity contribution in [2.45, 2.75) is 39.4 Å². The number of rotatable bonds is 5. The van der Waals surface area contributed by atoms with Crippen molar-refractivity contribution in [1.29, 1.82) is 0 Å². The molecule has 8 heteroatoms. The van der Waals surface area contributed by atoms with E-state index in [2.05, 4.69) is 5.32 Å². The third kappa shape index (κ3) is 5.87. The van der Waals surface area contributed by atoms with Crippen LogP contribution >= 0.6 is 0 Å². The number of aliphatic carboxylic acids is 1. The summed E-state index contributed by atoms with van der Waals surface area (Å²) in [5.41, 5.74) is -1.09. The van der Waals surface area contributed by atoms with Crippen molar-refractivity contribution in [1.82, 2.24) is 10.2 Å². The number of benzene rings is 1. The van der Waals surface area contributed by atoms with Gasteiger partial charge in [0, 0.05) is 19.6 Å². The highest BCUT2D eigenvalue weighted by Crippen LogP contribution is 2.31. The number of carboxylic acid groups (broad SMARTS) is 1. The minimum atomic E-state index is -1.26. The molecule has 0 spiro atoms. The third-order valence-electron chi connectivity index (χ3n) is 4.24. The van der Waals surface area contributed by atoms with Crippen LogP contribution in [-0.2, 0) is 20.9 Å². The number of nitrogens with one attached hydrogen (secondary N) is 1. The molecule has 2 rings (SSSR count). The molecule has 1 aliphatic rings. The van der Waals surface area contributed by atoms with Gasteiger partial charge in [-0.3, -0.25) is 4.79 Å². The minimum absolute atomic E-state index is 0.0315. The van der Waals surface area contributed by atoms with E-state index in [1.165, 1.54) is 4.90 Å². The molecule has 1 heterocycles. The predicted molar refractivity (Wildman–Crippen MR) is 97.1 cm³/mol. The minimum Gasteiger partial charge on any atom is -0.481 e. The first-order chi connectivity index (χ1) is 12.6. The van der Waals surface area contributed by atoms with Crippen LogP contribution in [0.15, 0.2) is 30.3 Å². The van der Waals surface area contributed by atoms with Gasteiger partial charge in [0.25, 0.3) is 0 Å². The molecule has 1 unspecified atom stereocenters. The highest BCUT2D eigenvalue weighted by molar-refractivity contribution is 5.79. The van der Waals surface area contributed by atoms with Crippen molar-refractivity contribution in [2.24, 2.45) is 5.41 Å². The van der Waals surface area contributed by atoms with Crippen LogP contribution in [0.25, 0.3) is 0 Å². The van der Waals surface area contributed by atoms with Crippen molar-refractivity contribution in [3.8, 4) is 0 Å². The Labute approximate surface area is 158 Å². The second-order valence-corrected chi connectivity index (χ2v) is 7.65. The fraction of sp³-hybridized carbons (Fsp3) is 0.526. The number of hydrogen-bond acceptors (Lipinski definition) is 5. The summed E-state index contributed by atoms with van der Waals surface area (Å²) in [7, 11) is 0. The number of carboxylic acids is 1. The van der Waals surface area contributed by atoms with Crippen LogP contribution in [0.1, 0.15) is 32.8 Å². The van der Waals surface area contributed by atoms with Crippen molar-refractivity contribution >= 4 is 18.2 Å². The van der Waals surface area contributed by atoms with Gasteiger partial charge in [0.05, 0.1) is 0 Å². The van der Waals surface area contributed by atoms with Crippen molar-refractivity contribution < 1.29 is 29.0 Å². The van der Waals surface area contributed by atoms with E-state index < -0.39 is 29.2 Å². The topological polar surface area (TPSA) is 105 Å². The summed E-state index contributed by atoms with van der Waals surface area (Å²) in [5, 5.41) is 12.1. The average molecular weight is 378 g/mol. The van der Waals surface area contributed by atoms with Gasteiger partial charge in [-0.15, -0.1) is 0 Å². The lowest BCUT2D eigenvalue weighted by Crippen LogP contribution is -2.46. The molecular weight excluding hydrogens is 352 g/mol. The second kappa shape index (κ2) is 8.28. The summed E-state index contributed by atoms with van der Waals surface area (Å²) in [5.74, 6) is -1.07. The SMILES string of the molecule is CC(C)(C)OC(=O)N1CCC(CNC(=O)OCc2ccccc2)(C(=O)O)C1. The van der Waals surface area contributed by atoms with Gasteiger partial charge in [-0.25, -0.2) is 9.59 Å². The monoisotopic (exact) mass is 378 g/mol. The fourth-order valence-corrected chi connectivity index (χ4v) is 2.76. The van der Waals surface area contributed by atoms with E-state index in [9.17, 15) is 19.5 Å². The summed E-state index contributed by atoms with van der Waals surface area (Å²) in [4.78, 5) is 37.2. The van der Waals surface area contributed by atoms with E-state index in [1.54, 1.807) is 20.8 Å². The number of alkyl carbamates (subject to hydrolysis) is 1. The van der Waals surface area contributed by atoms with Gasteiger partial charge in [0.2, 0.25) is 0 Å². The van der Waals surface area contributed by atoms with E-state index in [4.69, 9.17) is 9.47 Å². The maximum absolute atomic E-state index is 12.2. The lowest BCUT2D eigenvalue weighted by atomic mass is 9.87. The van der Waals surface area contributed by atoms with Gasteiger partial charge in [-0.05, 0) is 32.8 Å². The summed E-state index contributed by atoms with van der Waals surface area (Å²) >= 11 is 0. The van der Waals surface area contributed by atoms with Crippen LogP contribution in [0.2, 0.25) is 0 Å². The standard InChI is InChI=1S/C19H26N2O6/c1-18(2,3)27-17(25)21-10-9-19(13-21,15(22)23)12-20-16(24)26-11-14-7-5-4-6-8-14/h4-8H,9-13H2,1-3H3,(H,20,24)(H,22,23). The molecule has 1 saturated heterocycles. The van der Waals surface area contributed by atoms with Crippen molar-refractivity contribution in [3.63, 3.8) is 0 Å². The van der Waals surface area contributed by atoms with Gasteiger partial charge in [-0.1, -0.05) is 30.3 Å². The molecule has 27 heavy (non-hydrogen) atoms. The van der Waals surface area contributed by atoms with Crippen molar-refractivity contribution in [3.05, 3.63) is 35.9 Å². The van der Waals surface area contributed by atoms with Gasteiger partial charge < -0.3 is 24.8 Å². The predicted octanol–water partition coefficient (Wildman–Crippen LogP) is 2.62. The number of carbonyl (C=O) groups is 3. The number of amides is 2. The Balaban J connectivity index is 1.89. The zero-order valence-electron chi connectivity index (χ0n) is 15.9. The molecule has 2 N–H and O–H groups in total. The first-order valence-electron chi connectivity index (χ1n) is 8.77. The first kappa shape index (κ1) is 20.5. The molecule has 0 bridgehead atoms. The van der Waals surface area contributed by atoms with Crippen LogP contribution in [-0.4, -0.2) is 53.4 Å². The largest absolute Gasteiger partial charge is 0.481 e. The highest BCUT2D eigenvalue weighted by Gasteiger charge is 2.47. The average Bonchev–Trinajstić information content (AvgIpc) is 3.04. The Morgan fingerprint density at radius 2 is 1.89 bits per heavy atom. The Morgan fingerprint density at radius 3 is 2.48 bits per heavy atom. The Hall–Kier alpha value is -2.77.